The monoisotopic (exact) mass is 267 g/mol. The minimum absolute atomic E-state index is 0.287. The van der Waals surface area contributed by atoms with E-state index in [9.17, 15) is 4.79 Å². The van der Waals surface area contributed by atoms with Crippen molar-refractivity contribution in [3.8, 4) is 0 Å². The Labute approximate surface area is 117 Å². The summed E-state index contributed by atoms with van der Waals surface area (Å²) in [5.41, 5.74) is 0. The summed E-state index contributed by atoms with van der Waals surface area (Å²) in [6.45, 7) is 7.25. The minimum Gasteiger partial charge on any atom is -0.325 e. The van der Waals surface area contributed by atoms with E-state index < -0.39 is 0 Å². The molecule has 0 aliphatic carbocycles. The molecule has 0 aromatic heterocycles. The van der Waals surface area contributed by atoms with Crippen molar-refractivity contribution in [1.29, 1.82) is 0 Å². The molecule has 4 heteroatoms. The van der Waals surface area contributed by atoms with Crippen molar-refractivity contribution in [3.63, 3.8) is 0 Å². The molecule has 2 fully saturated rings. The SMILES string of the molecule is CC1CCN(C(=O)N2CCC(CN(C)C)CC2)CC1. The Morgan fingerprint density at radius 3 is 1.95 bits per heavy atom. The summed E-state index contributed by atoms with van der Waals surface area (Å²) in [5.74, 6) is 1.55. The van der Waals surface area contributed by atoms with Crippen molar-refractivity contribution < 1.29 is 4.79 Å². The van der Waals surface area contributed by atoms with Gasteiger partial charge in [0.15, 0.2) is 0 Å². The Morgan fingerprint density at radius 2 is 1.47 bits per heavy atom. The van der Waals surface area contributed by atoms with E-state index in [0.29, 0.717) is 0 Å². The molecule has 0 bridgehead atoms. The van der Waals surface area contributed by atoms with E-state index in [1.807, 2.05) is 0 Å². The predicted octanol–water partition coefficient (Wildman–Crippen LogP) is 2.11. The molecule has 4 nitrogen and oxygen atoms in total. The Morgan fingerprint density at radius 1 is 1.00 bits per heavy atom. The number of urea groups is 1. The third-order valence-corrected chi connectivity index (χ3v) is 4.56. The van der Waals surface area contributed by atoms with Gasteiger partial charge in [0, 0.05) is 32.7 Å². The molecule has 0 aromatic rings. The molecule has 2 saturated heterocycles. The number of carbonyl (C=O) groups excluding carboxylic acids is 1. The second-order valence-corrected chi connectivity index (χ2v) is 6.64. The van der Waals surface area contributed by atoms with Crippen molar-refractivity contribution in [2.24, 2.45) is 11.8 Å². The van der Waals surface area contributed by atoms with Gasteiger partial charge in [0.2, 0.25) is 0 Å². The van der Waals surface area contributed by atoms with Gasteiger partial charge in [-0.3, -0.25) is 0 Å². The molecule has 2 amide bonds. The maximum atomic E-state index is 12.4. The van der Waals surface area contributed by atoms with E-state index in [1.54, 1.807) is 0 Å². The fraction of sp³-hybridized carbons (Fsp3) is 0.933. The van der Waals surface area contributed by atoms with Gasteiger partial charge in [0.1, 0.15) is 0 Å². The lowest BCUT2D eigenvalue weighted by atomic mass is 9.96. The molecule has 2 aliphatic heterocycles. The van der Waals surface area contributed by atoms with Gasteiger partial charge in [-0.15, -0.1) is 0 Å². The number of hydrogen-bond acceptors (Lipinski definition) is 2. The molecule has 0 saturated carbocycles. The highest BCUT2D eigenvalue weighted by atomic mass is 16.2. The van der Waals surface area contributed by atoms with Gasteiger partial charge < -0.3 is 14.7 Å². The molecule has 19 heavy (non-hydrogen) atoms. The molecule has 0 N–H and O–H groups in total. The van der Waals surface area contributed by atoms with Crippen LogP contribution in [0.2, 0.25) is 0 Å². The number of rotatable bonds is 2. The van der Waals surface area contributed by atoms with Crippen LogP contribution in [-0.4, -0.2) is 67.5 Å². The lowest BCUT2D eigenvalue weighted by Gasteiger charge is -2.38. The number of amides is 2. The van der Waals surface area contributed by atoms with Crippen LogP contribution in [0.3, 0.4) is 0 Å². The lowest BCUT2D eigenvalue weighted by Crippen LogP contribution is -2.49. The van der Waals surface area contributed by atoms with E-state index in [0.717, 1.165) is 57.4 Å². The zero-order valence-electron chi connectivity index (χ0n) is 12.8. The lowest BCUT2D eigenvalue weighted by molar-refractivity contribution is 0.113. The Hall–Kier alpha value is -0.770. The Balaban J connectivity index is 1.76. The topological polar surface area (TPSA) is 26.8 Å². The summed E-state index contributed by atoms with van der Waals surface area (Å²) >= 11 is 0. The van der Waals surface area contributed by atoms with Crippen LogP contribution in [0, 0.1) is 11.8 Å². The molecule has 2 aliphatic rings. The van der Waals surface area contributed by atoms with Gasteiger partial charge in [0.25, 0.3) is 0 Å². The zero-order valence-corrected chi connectivity index (χ0v) is 12.8. The molecule has 2 heterocycles. The highest BCUT2D eigenvalue weighted by Gasteiger charge is 2.28. The van der Waals surface area contributed by atoms with Crippen LogP contribution >= 0.6 is 0 Å². The number of carbonyl (C=O) groups is 1. The van der Waals surface area contributed by atoms with E-state index in [-0.39, 0.29) is 6.03 Å². The van der Waals surface area contributed by atoms with E-state index in [2.05, 4.69) is 35.7 Å². The van der Waals surface area contributed by atoms with Gasteiger partial charge in [-0.05, 0) is 51.6 Å². The predicted molar refractivity (Wildman–Crippen MR) is 78.2 cm³/mol. The fourth-order valence-corrected chi connectivity index (χ4v) is 3.22. The van der Waals surface area contributed by atoms with E-state index in [1.165, 1.54) is 12.8 Å². The molecule has 0 aromatic carbocycles. The zero-order chi connectivity index (χ0) is 13.8. The van der Waals surface area contributed by atoms with Crippen molar-refractivity contribution in [2.75, 3.05) is 46.8 Å². The number of piperidine rings is 2. The quantitative estimate of drug-likeness (QED) is 0.766. The molecule has 0 unspecified atom stereocenters. The van der Waals surface area contributed by atoms with E-state index >= 15 is 0 Å². The smallest absolute Gasteiger partial charge is 0.319 e. The summed E-state index contributed by atoms with van der Waals surface area (Å²) in [4.78, 5) is 18.8. The van der Waals surface area contributed by atoms with E-state index in [4.69, 9.17) is 0 Å². The van der Waals surface area contributed by atoms with Crippen LogP contribution < -0.4 is 0 Å². The second-order valence-electron chi connectivity index (χ2n) is 6.64. The van der Waals surface area contributed by atoms with Gasteiger partial charge in [-0.1, -0.05) is 6.92 Å². The maximum Gasteiger partial charge on any atom is 0.319 e. The highest BCUT2D eigenvalue weighted by Crippen LogP contribution is 2.21. The average Bonchev–Trinajstić information content (AvgIpc) is 2.39. The molecule has 2 rings (SSSR count). The van der Waals surface area contributed by atoms with Gasteiger partial charge in [-0.25, -0.2) is 4.79 Å². The van der Waals surface area contributed by atoms with Crippen molar-refractivity contribution in [1.82, 2.24) is 14.7 Å². The maximum absolute atomic E-state index is 12.4. The van der Waals surface area contributed by atoms with Gasteiger partial charge in [-0.2, -0.15) is 0 Å². The molecule has 0 atom stereocenters. The van der Waals surface area contributed by atoms with Crippen molar-refractivity contribution in [3.05, 3.63) is 0 Å². The number of hydrogen-bond donors (Lipinski definition) is 0. The summed E-state index contributed by atoms with van der Waals surface area (Å²) in [6.07, 6.45) is 4.66. The van der Waals surface area contributed by atoms with Crippen molar-refractivity contribution in [2.45, 2.75) is 32.6 Å². The molecular weight excluding hydrogens is 238 g/mol. The first kappa shape index (κ1) is 14.6. The van der Waals surface area contributed by atoms with Crippen LogP contribution in [0.25, 0.3) is 0 Å². The summed E-state index contributed by atoms with van der Waals surface area (Å²) in [5, 5.41) is 0. The van der Waals surface area contributed by atoms with Crippen LogP contribution in [0.15, 0.2) is 0 Å². The molecule has 0 spiro atoms. The van der Waals surface area contributed by atoms with Gasteiger partial charge >= 0.3 is 6.03 Å². The molecular formula is C15H29N3O. The largest absolute Gasteiger partial charge is 0.325 e. The highest BCUT2D eigenvalue weighted by molar-refractivity contribution is 5.74. The normalized spacial score (nSPS) is 23.2. The Bertz CT molecular complexity index is 290. The first-order valence-corrected chi connectivity index (χ1v) is 7.75. The summed E-state index contributed by atoms with van der Waals surface area (Å²) in [7, 11) is 4.26. The Kier molecular flexibility index (Phi) is 5.08. The second kappa shape index (κ2) is 6.60. The standard InChI is InChI=1S/C15H29N3O/c1-13-4-8-17(9-5-13)15(19)18-10-6-14(7-11-18)12-16(2)3/h13-14H,4-12H2,1-3H3. The van der Waals surface area contributed by atoms with Crippen LogP contribution in [0.5, 0.6) is 0 Å². The average molecular weight is 267 g/mol. The van der Waals surface area contributed by atoms with Gasteiger partial charge in [0.05, 0.1) is 0 Å². The third-order valence-electron chi connectivity index (χ3n) is 4.56. The molecule has 0 radical (unpaired) electrons. The third kappa shape index (κ3) is 4.10. The first-order chi connectivity index (χ1) is 9.06. The summed E-state index contributed by atoms with van der Waals surface area (Å²) in [6, 6.07) is 0.287. The van der Waals surface area contributed by atoms with Crippen LogP contribution in [0.1, 0.15) is 32.6 Å². The molecule has 110 valence electrons. The van der Waals surface area contributed by atoms with Crippen LogP contribution in [-0.2, 0) is 0 Å². The van der Waals surface area contributed by atoms with Crippen LogP contribution in [0.4, 0.5) is 4.79 Å². The minimum atomic E-state index is 0.287. The number of likely N-dealkylation sites (tertiary alicyclic amines) is 2. The van der Waals surface area contributed by atoms with Crippen molar-refractivity contribution >= 4 is 6.03 Å². The first-order valence-electron chi connectivity index (χ1n) is 7.75. The summed E-state index contributed by atoms with van der Waals surface area (Å²) < 4.78 is 0. The fourth-order valence-electron chi connectivity index (χ4n) is 3.22. The number of nitrogens with zero attached hydrogens (tertiary/aromatic N) is 3.